The summed E-state index contributed by atoms with van der Waals surface area (Å²) in [4.78, 5) is 11.5. The average molecular weight is 199 g/mol. The van der Waals surface area contributed by atoms with Crippen LogP contribution in [0.25, 0.3) is 0 Å². The van der Waals surface area contributed by atoms with Crippen LogP contribution in [0.5, 0.6) is 0 Å². The Kier molecular flexibility index (Phi) is 3.37. The monoisotopic (exact) mass is 199 g/mol. The molecule has 4 nitrogen and oxygen atoms in total. The summed E-state index contributed by atoms with van der Waals surface area (Å²) in [5.74, 6) is -0.0793. The van der Waals surface area contributed by atoms with Crippen LogP contribution >= 0.6 is 0 Å². The van der Waals surface area contributed by atoms with Crippen molar-refractivity contribution in [3.05, 3.63) is 0 Å². The quantitative estimate of drug-likeness (QED) is 0.534. The van der Waals surface area contributed by atoms with E-state index in [4.69, 9.17) is 9.47 Å². The fourth-order valence-corrected chi connectivity index (χ4v) is 1.59. The summed E-state index contributed by atoms with van der Waals surface area (Å²) in [6, 6.07) is 0. The van der Waals surface area contributed by atoms with Crippen LogP contribution in [0, 0.1) is 5.92 Å². The SMILES string of the molecule is O=C(OCOC1CC1)C1CCCNC1. The molecule has 0 radical (unpaired) electrons. The highest BCUT2D eigenvalue weighted by Crippen LogP contribution is 2.23. The third-order valence-corrected chi connectivity index (χ3v) is 2.66. The van der Waals surface area contributed by atoms with E-state index in [1.807, 2.05) is 0 Å². The zero-order valence-corrected chi connectivity index (χ0v) is 8.33. The van der Waals surface area contributed by atoms with Gasteiger partial charge in [-0.05, 0) is 32.2 Å². The summed E-state index contributed by atoms with van der Waals surface area (Å²) in [6.07, 6.45) is 4.58. The Hall–Kier alpha value is -0.610. The number of carbonyl (C=O) groups excluding carboxylic acids is 1. The number of esters is 1. The third kappa shape index (κ3) is 2.96. The molecule has 0 spiro atoms. The Morgan fingerprint density at radius 1 is 1.36 bits per heavy atom. The third-order valence-electron chi connectivity index (χ3n) is 2.66. The van der Waals surface area contributed by atoms with Crippen LogP contribution in [0.3, 0.4) is 0 Å². The largest absolute Gasteiger partial charge is 0.438 e. The van der Waals surface area contributed by atoms with E-state index in [9.17, 15) is 4.79 Å². The molecule has 1 saturated carbocycles. The summed E-state index contributed by atoms with van der Waals surface area (Å²) >= 11 is 0. The van der Waals surface area contributed by atoms with Crippen molar-refractivity contribution in [2.75, 3.05) is 19.9 Å². The van der Waals surface area contributed by atoms with Gasteiger partial charge in [-0.2, -0.15) is 0 Å². The minimum absolute atomic E-state index is 0.0338. The lowest BCUT2D eigenvalue weighted by atomic mass is 10.0. The van der Waals surface area contributed by atoms with Gasteiger partial charge in [-0.25, -0.2) is 0 Å². The Balaban J connectivity index is 1.60. The van der Waals surface area contributed by atoms with Crippen LogP contribution in [0.2, 0.25) is 0 Å². The highest BCUT2D eigenvalue weighted by atomic mass is 16.7. The maximum absolute atomic E-state index is 11.5. The second-order valence-electron chi connectivity index (χ2n) is 3.99. The summed E-state index contributed by atoms with van der Waals surface area (Å²) in [6.45, 7) is 1.91. The summed E-state index contributed by atoms with van der Waals surface area (Å²) in [7, 11) is 0. The normalized spacial score (nSPS) is 27.3. The lowest BCUT2D eigenvalue weighted by Crippen LogP contribution is -2.35. The molecule has 14 heavy (non-hydrogen) atoms. The first-order valence-electron chi connectivity index (χ1n) is 5.35. The first-order chi connectivity index (χ1) is 6.86. The van der Waals surface area contributed by atoms with Gasteiger partial charge in [-0.15, -0.1) is 0 Å². The molecule has 0 amide bonds. The van der Waals surface area contributed by atoms with E-state index >= 15 is 0 Å². The molecular weight excluding hydrogens is 182 g/mol. The van der Waals surface area contributed by atoms with E-state index in [2.05, 4.69) is 5.32 Å². The number of hydrogen-bond acceptors (Lipinski definition) is 4. The minimum Gasteiger partial charge on any atom is -0.438 e. The molecule has 2 rings (SSSR count). The maximum Gasteiger partial charge on any atom is 0.312 e. The lowest BCUT2D eigenvalue weighted by molar-refractivity contribution is -0.162. The van der Waals surface area contributed by atoms with Crippen LogP contribution in [-0.2, 0) is 14.3 Å². The molecule has 1 aliphatic heterocycles. The van der Waals surface area contributed by atoms with Crippen molar-refractivity contribution in [2.45, 2.75) is 31.8 Å². The van der Waals surface area contributed by atoms with Gasteiger partial charge in [-0.3, -0.25) is 4.79 Å². The van der Waals surface area contributed by atoms with Gasteiger partial charge in [0.2, 0.25) is 0 Å². The van der Waals surface area contributed by atoms with Gasteiger partial charge < -0.3 is 14.8 Å². The molecule has 0 aromatic rings. The molecule has 0 aromatic heterocycles. The molecule has 1 N–H and O–H groups in total. The van der Waals surface area contributed by atoms with E-state index < -0.39 is 0 Å². The zero-order chi connectivity index (χ0) is 9.80. The molecule has 0 aromatic carbocycles. The smallest absolute Gasteiger partial charge is 0.312 e. The Labute approximate surface area is 84.0 Å². The average Bonchev–Trinajstić information content (AvgIpc) is 3.03. The molecular formula is C10H17NO3. The zero-order valence-electron chi connectivity index (χ0n) is 8.33. The van der Waals surface area contributed by atoms with Crippen molar-refractivity contribution in [2.24, 2.45) is 5.92 Å². The van der Waals surface area contributed by atoms with E-state index in [0.29, 0.717) is 6.10 Å². The van der Waals surface area contributed by atoms with E-state index in [-0.39, 0.29) is 18.7 Å². The first kappa shape index (κ1) is 9.93. The van der Waals surface area contributed by atoms with Crippen molar-refractivity contribution < 1.29 is 14.3 Å². The van der Waals surface area contributed by atoms with Crippen LogP contribution in [0.1, 0.15) is 25.7 Å². The molecule has 4 heteroatoms. The van der Waals surface area contributed by atoms with Gasteiger partial charge in [0.25, 0.3) is 0 Å². The van der Waals surface area contributed by atoms with Crippen LogP contribution in [-0.4, -0.2) is 32.0 Å². The van der Waals surface area contributed by atoms with Crippen LogP contribution in [0.4, 0.5) is 0 Å². The second kappa shape index (κ2) is 4.75. The first-order valence-corrected chi connectivity index (χ1v) is 5.35. The summed E-state index contributed by atoms with van der Waals surface area (Å²) in [5, 5.41) is 3.19. The number of hydrogen-bond donors (Lipinski definition) is 1. The highest BCUT2D eigenvalue weighted by Gasteiger charge is 2.25. The van der Waals surface area contributed by atoms with Crippen molar-refractivity contribution >= 4 is 5.97 Å². The Morgan fingerprint density at radius 2 is 2.21 bits per heavy atom. The molecule has 80 valence electrons. The summed E-state index contributed by atoms with van der Waals surface area (Å²) in [5.41, 5.74) is 0. The minimum atomic E-state index is -0.113. The van der Waals surface area contributed by atoms with Gasteiger partial charge >= 0.3 is 5.97 Å². The van der Waals surface area contributed by atoms with Crippen molar-refractivity contribution in [3.63, 3.8) is 0 Å². The Morgan fingerprint density at radius 3 is 2.86 bits per heavy atom. The van der Waals surface area contributed by atoms with Crippen LogP contribution < -0.4 is 5.32 Å². The molecule has 0 bridgehead atoms. The molecule has 1 aliphatic carbocycles. The van der Waals surface area contributed by atoms with Gasteiger partial charge in [0, 0.05) is 6.54 Å². The van der Waals surface area contributed by atoms with Gasteiger partial charge in [0.05, 0.1) is 12.0 Å². The fourth-order valence-electron chi connectivity index (χ4n) is 1.59. The molecule has 2 fully saturated rings. The van der Waals surface area contributed by atoms with E-state index in [1.165, 1.54) is 0 Å². The van der Waals surface area contributed by atoms with Crippen molar-refractivity contribution in [1.29, 1.82) is 0 Å². The summed E-state index contributed by atoms with van der Waals surface area (Å²) < 4.78 is 10.3. The number of nitrogens with one attached hydrogen (secondary N) is 1. The maximum atomic E-state index is 11.5. The van der Waals surface area contributed by atoms with Crippen LogP contribution in [0.15, 0.2) is 0 Å². The van der Waals surface area contributed by atoms with Gasteiger partial charge in [0.1, 0.15) is 0 Å². The molecule has 2 aliphatic rings. The van der Waals surface area contributed by atoms with Gasteiger partial charge in [0.15, 0.2) is 6.79 Å². The predicted molar refractivity (Wildman–Crippen MR) is 50.7 cm³/mol. The predicted octanol–water partition coefficient (Wildman–Crippen LogP) is 0.666. The van der Waals surface area contributed by atoms with Crippen molar-refractivity contribution in [1.82, 2.24) is 5.32 Å². The molecule has 1 atom stereocenters. The second-order valence-corrected chi connectivity index (χ2v) is 3.99. The lowest BCUT2D eigenvalue weighted by Gasteiger charge is -2.20. The molecule has 1 saturated heterocycles. The topological polar surface area (TPSA) is 47.6 Å². The highest BCUT2D eigenvalue weighted by molar-refractivity contribution is 5.72. The number of ether oxygens (including phenoxy) is 2. The molecule has 1 unspecified atom stereocenters. The van der Waals surface area contributed by atoms with E-state index in [0.717, 1.165) is 38.8 Å². The molecule has 1 heterocycles. The fraction of sp³-hybridized carbons (Fsp3) is 0.900. The Bertz CT molecular complexity index is 198. The standard InChI is InChI=1S/C10H17NO3/c12-10(8-2-1-5-11-6-8)14-7-13-9-3-4-9/h8-9,11H,1-7H2. The van der Waals surface area contributed by atoms with Crippen molar-refractivity contribution in [3.8, 4) is 0 Å². The number of rotatable bonds is 4. The van der Waals surface area contributed by atoms with Gasteiger partial charge in [-0.1, -0.05) is 0 Å². The van der Waals surface area contributed by atoms with E-state index in [1.54, 1.807) is 0 Å². The number of carbonyl (C=O) groups is 1. The number of piperidine rings is 1.